The van der Waals surface area contributed by atoms with E-state index in [4.69, 9.17) is 0 Å². The predicted octanol–water partition coefficient (Wildman–Crippen LogP) is 3.75. The highest BCUT2D eigenvalue weighted by Gasteiger charge is 2.18. The number of nitrogens with one attached hydrogen (secondary N) is 1. The first-order valence-electron chi connectivity index (χ1n) is 7.02. The second-order valence-electron chi connectivity index (χ2n) is 7.57. The van der Waals surface area contributed by atoms with Crippen LogP contribution in [0.2, 0.25) is 0 Å². The maximum atomic E-state index is 4.43. The van der Waals surface area contributed by atoms with E-state index in [2.05, 4.69) is 61.7 Å². The van der Waals surface area contributed by atoms with Gasteiger partial charge in [0.2, 0.25) is 0 Å². The summed E-state index contributed by atoms with van der Waals surface area (Å²) in [6.45, 7) is 13.1. The summed E-state index contributed by atoms with van der Waals surface area (Å²) in [6.07, 6.45) is 4.78. The highest BCUT2D eigenvalue weighted by molar-refractivity contribution is 5.49. The van der Waals surface area contributed by atoms with Gasteiger partial charge in [-0.3, -0.25) is 5.10 Å². The Labute approximate surface area is 121 Å². The molecule has 2 aromatic rings. The summed E-state index contributed by atoms with van der Waals surface area (Å²) >= 11 is 0. The summed E-state index contributed by atoms with van der Waals surface area (Å²) in [5.41, 5.74) is 3.36. The minimum Gasteiger partial charge on any atom is -0.281 e. The van der Waals surface area contributed by atoms with Crippen LogP contribution in [0.3, 0.4) is 0 Å². The third-order valence-electron chi connectivity index (χ3n) is 3.05. The molecule has 0 radical (unpaired) electrons. The van der Waals surface area contributed by atoms with Crippen molar-refractivity contribution in [3.63, 3.8) is 0 Å². The van der Waals surface area contributed by atoms with Crippen LogP contribution in [0.15, 0.2) is 18.5 Å². The van der Waals surface area contributed by atoms with Gasteiger partial charge in [-0.25, -0.2) is 9.97 Å². The van der Waals surface area contributed by atoms with Gasteiger partial charge < -0.3 is 0 Å². The molecular formula is C16H24N4. The van der Waals surface area contributed by atoms with Crippen molar-refractivity contribution >= 4 is 0 Å². The first-order valence-corrected chi connectivity index (χ1v) is 7.02. The van der Waals surface area contributed by atoms with Crippen molar-refractivity contribution in [2.24, 2.45) is 5.41 Å². The van der Waals surface area contributed by atoms with Crippen molar-refractivity contribution in [1.82, 2.24) is 20.2 Å². The van der Waals surface area contributed by atoms with Crippen LogP contribution in [-0.2, 0) is 11.8 Å². The van der Waals surface area contributed by atoms with Gasteiger partial charge in [0.15, 0.2) is 5.82 Å². The number of aromatic amines is 1. The molecule has 2 rings (SSSR count). The van der Waals surface area contributed by atoms with E-state index < -0.39 is 0 Å². The van der Waals surface area contributed by atoms with Gasteiger partial charge in [0.1, 0.15) is 5.69 Å². The molecule has 0 saturated carbocycles. The summed E-state index contributed by atoms with van der Waals surface area (Å²) in [7, 11) is 0. The normalized spacial score (nSPS) is 12.7. The summed E-state index contributed by atoms with van der Waals surface area (Å²) in [5, 5.41) is 7.37. The van der Waals surface area contributed by atoms with E-state index in [0.29, 0.717) is 5.82 Å². The standard InChI is InChI=1S/C16H24N4/c1-15(2,3)8-11-9-17-14(18-10-11)12-7-13(20-19-12)16(4,5)6/h7,9-10H,8H2,1-6H3,(H,19,20). The van der Waals surface area contributed by atoms with Crippen LogP contribution < -0.4 is 0 Å². The van der Waals surface area contributed by atoms with Crippen LogP contribution in [0, 0.1) is 5.41 Å². The van der Waals surface area contributed by atoms with Crippen molar-refractivity contribution in [2.45, 2.75) is 53.4 Å². The fraction of sp³-hybridized carbons (Fsp3) is 0.562. The lowest BCUT2D eigenvalue weighted by Gasteiger charge is -2.17. The molecule has 0 aliphatic heterocycles. The smallest absolute Gasteiger partial charge is 0.180 e. The molecule has 2 heterocycles. The van der Waals surface area contributed by atoms with Crippen LogP contribution in [0.5, 0.6) is 0 Å². The average Bonchev–Trinajstić information content (AvgIpc) is 2.76. The molecule has 0 fully saturated rings. The number of hydrogen-bond acceptors (Lipinski definition) is 3. The SMILES string of the molecule is CC(C)(C)Cc1cnc(-c2cc(C(C)(C)C)[nH]n2)nc1. The fourth-order valence-electron chi connectivity index (χ4n) is 2.01. The Balaban J connectivity index is 2.20. The molecule has 0 atom stereocenters. The van der Waals surface area contributed by atoms with Gasteiger partial charge in [-0.2, -0.15) is 5.10 Å². The first-order chi connectivity index (χ1) is 9.15. The third-order valence-corrected chi connectivity index (χ3v) is 3.05. The molecular weight excluding hydrogens is 248 g/mol. The first kappa shape index (κ1) is 14.7. The fourth-order valence-corrected chi connectivity index (χ4v) is 2.01. The molecule has 4 nitrogen and oxygen atoms in total. The second-order valence-corrected chi connectivity index (χ2v) is 7.57. The Bertz CT molecular complexity index is 568. The number of aromatic nitrogens is 4. The molecule has 2 aromatic heterocycles. The largest absolute Gasteiger partial charge is 0.281 e. The molecule has 0 aliphatic carbocycles. The van der Waals surface area contributed by atoms with Crippen molar-refractivity contribution in [1.29, 1.82) is 0 Å². The lowest BCUT2D eigenvalue weighted by molar-refractivity contribution is 0.410. The van der Waals surface area contributed by atoms with E-state index >= 15 is 0 Å². The summed E-state index contributed by atoms with van der Waals surface area (Å²) < 4.78 is 0. The van der Waals surface area contributed by atoms with E-state index in [0.717, 1.165) is 23.4 Å². The highest BCUT2D eigenvalue weighted by Crippen LogP contribution is 2.24. The minimum atomic E-state index is 0.0530. The van der Waals surface area contributed by atoms with Crippen molar-refractivity contribution in [3.05, 3.63) is 29.7 Å². The quantitative estimate of drug-likeness (QED) is 0.905. The minimum absolute atomic E-state index is 0.0530. The molecule has 1 N–H and O–H groups in total. The maximum Gasteiger partial charge on any atom is 0.180 e. The van der Waals surface area contributed by atoms with Gasteiger partial charge in [-0.1, -0.05) is 41.5 Å². The van der Waals surface area contributed by atoms with Gasteiger partial charge in [-0.15, -0.1) is 0 Å². The molecule has 0 aromatic carbocycles. The van der Waals surface area contributed by atoms with Crippen LogP contribution in [0.1, 0.15) is 52.8 Å². The summed E-state index contributed by atoms with van der Waals surface area (Å²) in [5.74, 6) is 0.675. The van der Waals surface area contributed by atoms with Crippen LogP contribution in [-0.4, -0.2) is 20.2 Å². The molecule has 0 bridgehead atoms. The topological polar surface area (TPSA) is 54.5 Å². The van der Waals surface area contributed by atoms with Crippen molar-refractivity contribution in [2.75, 3.05) is 0 Å². The monoisotopic (exact) mass is 272 g/mol. The second kappa shape index (κ2) is 5.00. The Hall–Kier alpha value is -1.71. The van der Waals surface area contributed by atoms with E-state index in [1.54, 1.807) is 0 Å². The highest BCUT2D eigenvalue weighted by atomic mass is 15.1. The van der Waals surface area contributed by atoms with Gasteiger partial charge >= 0.3 is 0 Å². The van der Waals surface area contributed by atoms with Crippen molar-refractivity contribution < 1.29 is 0 Å². The molecule has 4 heteroatoms. The zero-order valence-electron chi connectivity index (χ0n) is 13.3. The molecule has 0 saturated heterocycles. The number of rotatable bonds is 2. The molecule has 20 heavy (non-hydrogen) atoms. The van der Waals surface area contributed by atoms with Gasteiger partial charge in [0, 0.05) is 23.5 Å². The maximum absolute atomic E-state index is 4.43. The van der Waals surface area contributed by atoms with Gasteiger partial charge in [0.25, 0.3) is 0 Å². The van der Waals surface area contributed by atoms with E-state index in [1.807, 2.05) is 18.5 Å². The Morgan fingerprint density at radius 1 is 1.00 bits per heavy atom. The van der Waals surface area contributed by atoms with Crippen LogP contribution in [0.4, 0.5) is 0 Å². The van der Waals surface area contributed by atoms with Crippen LogP contribution in [0.25, 0.3) is 11.5 Å². The number of hydrogen-bond donors (Lipinski definition) is 1. The van der Waals surface area contributed by atoms with E-state index in [-0.39, 0.29) is 10.8 Å². The lowest BCUT2D eigenvalue weighted by atomic mass is 9.89. The molecule has 0 unspecified atom stereocenters. The van der Waals surface area contributed by atoms with E-state index in [9.17, 15) is 0 Å². The summed E-state index contributed by atoms with van der Waals surface area (Å²) in [6, 6.07) is 2.03. The van der Waals surface area contributed by atoms with Crippen LogP contribution >= 0.6 is 0 Å². The lowest BCUT2D eigenvalue weighted by Crippen LogP contribution is -2.11. The van der Waals surface area contributed by atoms with E-state index in [1.165, 1.54) is 0 Å². The zero-order valence-corrected chi connectivity index (χ0v) is 13.3. The number of H-pyrrole nitrogens is 1. The molecule has 108 valence electrons. The zero-order chi connectivity index (χ0) is 15.0. The summed E-state index contributed by atoms with van der Waals surface area (Å²) in [4.78, 5) is 8.87. The van der Waals surface area contributed by atoms with Gasteiger partial charge in [-0.05, 0) is 23.5 Å². The average molecular weight is 272 g/mol. The predicted molar refractivity (Wildman–Crippen MR) is 81.5 cm³/mol. The van der Waals surface area contributed by atoms with Gasteiger partial charge in [0.05, 0.1) is 0 Å². The molecule has 0 aliphatic rings. The Kier molecular flexibility index (Phi) is 3.67. The Morgan fingerprint density at radius 3 is 2.05 bits per heavy atom. The molecule has 0 spiro atoms. The van der Waals surface area contributed by atoms with Crippen molar-refractivity contribution in [3.8, 4) is 11.5 Å². The number of nitrogens with zero attached hydrogens (tertiary/aromatic N) is 3. The third kappa shape index (κ3) is 3.65. The molecule has 0 amide bonds. The Morgan fingerprint density at radius 2 is 1.60 bits per heavy atom.